The van der Waals surface area contributed by atoms with Crippen LogP contribution in [0.3, 0.4) is 0 Å². The molecule has 0 saturated heterocycles. The molecule has 1 aromatic heterocycles. The van der Waals surface area contributed by atoms with E-state index in [-0.39, 0.29) is 12.4 Å². The zero-order valence-corrected chi connectivity index (χ0v) is 12.3. The molecule has 1 aromatic carbocycles. The number of aromatic nitrogens is 1. The first-order valence-corrected chi connectivity index (χ1v) is 6.77. The Morgan fingerprint density at radius 1 is 1.18 bits per heavy atom. The molecule has 0 N–H and O–H groups in total. The number of hydrogen-bond acceptors (Lipinski definition) is 5. The Kier molecular flexibility index (Phi) is 3.78. The number of rotatable bonds is 3. The molecule has 0 spiro atoms. The van der Waals surface area contributed by atoms with Gasteiger partial charge in [0.1, 0.15) is 29.4 Å². The van der Waals surface area contributed by atoms with Crippen molar-refractivity contribution in [3.05, 3.63) is 53.4 Å². The van der Waals surface area contributed by atoms with Crippen molar-refractivity contribution in [2.24, 2.45) is 0 Å². The zero-order valence-electron chi connectivity index (χ0n) is 12.3. The van der Waals surface area contributed by atoms with Gasteiger partial charge in [0.05, 0.1) is 14.2 Å². The van der Waals surface area contributed by atoms with Gasteiger partial charge < -0.3 is 14.2 Å². The van der Waals surface area contributed by atoms with Crippen LogP contribution in [0.1, 0.15) is 15.9 Å². The van der Waals surface area contributed by atoms with E-state index in [9.17, 15) is 4.79 Å². The van der Waals surface area contributed by atoms with Crippen LogP contribution in [0.2, 0.25) is 0 Å². The monoisotopic (exact) mass is 297 g/mol. The average Bonchev–Trinajstić information content (AvgIpc) is 2.57. The molecule has 0 bridgehead atoms. The number of carbonyl (C=O) groups is 1. The topological polar surface area (TPSA) is 57.6 Å². The average molecular weight is 297 g/mol. The Bertz CT molecular complexity index is 721. The summed E-state index contributed by atoms with van der Waals surface area (Å²) in [5, 5.41) is 0. The highest BCUT2D eigenvalue weighted by Gasteiger charge is 2.28. The van der Waals surface area contributed by atoms with Crippen LogP contribution >= 0.6 is 0 Å². The van der Waals surface area contributed by atoms with E-state index >= 15 is 0 Å². The highest BCUT2D eigenvalue weighted by atomic mass is 16.5. The molecule has 0 atom stereocenters. The standard InChI is InChI=1S/C17H15NO4/c1-20-13-8-14(21-2)16-15(9-13)22-10-12(17(16)19)7-11-3-5-18-6-4-11/h3-9H,10H2,1-2H3/b12-7+. The Labute approximate surface area is 128 Å². The molecule has 5 nitrogen and oxygen atoms in total. The quantitative estimate of drug-likeness (QED) is 0.815. The molecule has 0 fully saturated rings. The van der Waals surface area contributed by atoms with Gasteiger partial charge in [-0.05, 0) is 23.8 Å². The lowest BCUT2D eigenvalue weighted by molar-refractivity contribution is 0.0997. The smallest absolute Gasteiger partial charge is 0.199 e. The van der Waals surface area contributed by atoms with Gasteiger partial charge in [-0.2, -0.15) is 0 Å². The van der Waals surface area contributed by atoms with Crippen LogP contribution in [0.25, 0.3) is 6.08 Å². The lowest BCUT2D eigenvalue weighted by Crippen LogP contribution is -2.20. The number of fused-ring (bicyclic) bond motifs is 1. The summed E-state index contributed by atoms with van der Waals surface area (Å²) in [7, 11) is 3.07. The van der Waals surface area contributed by atoms with E-state index in [0.29, 0.717) is 28.4 Å². The van der Waals surface area contributed by atoms with Gasteiger partial charge in [-0.1, -0.05) is 0 Å². The van der Waals surface area contributed by atoms with Gasteiger partial charge in [0, 0.05) is 30.1 Å². The summed E-state index contributed by atoms with van der Waals surface area (Å²) >= 11 is 0. The van der Waals surface area contributed by atoms with Crippen molar-refractivity contribution < 1.29 is 19.0 Å². The second-order valence-electron chi connectivity index (χ2n) is 4.77. The molecule has 2 heterocycles. The van der Waals surface area contributed by atoms with Crippen LogP contribution in [0, 0.1) is 0 Å². The number of nitrogens with zero attached hydrogens (tertiary/aromatic N) is 1. The number of pyridine rings is 1. The minimum atomic E-state index is -0.0995. The summed E-state index contributed by atoms with van der Waals surface area (Å²) in [6.45, 7) is 0.213. The van der Waals surface area contributed by atoms with E-state index in [1.54, 1.807) is 37.7 Å². The normalized spacial score (nSPS) is 15.2. The van der Waals surface area contributed by atoms with E-state index in [1.807, 2.05) is 12.1 Å². The van der Waals surface area contributed by atoms with Crippen LogP contribution in [0.15, 0.2) is 42.2 Å². The summed E-state index contributed by atoms with van der Waals surface area (Å²) in [6.07, 6.45) is 5.16. The van der Waals surface area contributed by atoms with Crippen molar-refractivity contribution in [2.75, 3.05) is 20.8 Å². The zero-order chi connectivity index (χ0) is 15.5. The molecule has 22 heavy (non-hydrogen) atoms. The lowest BCUT2D eigenvalue weighted by atomic mass is 9.97. The third-order valence-corrected chi connectivity index (χ3v) is 3.44. The first-order valence-electron chi connectivity index (χ1n) is 6.77. The van der Waals surface area contributed by atoms with E-state index in [4.69, 9.17) is 14.2 Å². The molecule has 0 amide bonds. The highest BCUT2D eigenvalue weighted by molar-refractivity contribution is 6.15. The molecule has 0 aliphatic carbocycles. The Balaban J connectivity index is 2.04. The molecule has 1 aliphatic rings. The molecule has 0 unspecified atom stereocenters. The van der Waals surface area contributed by atoms with Gasteiger partial charge in [-0.15, -0.1) is 0 Å². The number of hydrogen-bond donors (Lipinski definition) is 0. The minimum Gasteiger partial charge on any atom is -0.496 e. The number of ether oxygens (including phenoxy) is 3. The van der Waals surface area contributed by atoms with Gasteiger partial charge in [0.2, 0.25) is 0 Å². The molecule has 1 aliphatic heterocycles. The molecule has 2 aromatic rings. The first-order chi connectivity index (χ1) is 10.7. The van der Waals surface area contributed by atoms with Crippen molar-refractivity contribution in [1.29, 1.82) is 0 Å². The van der Waals surface area contributed by atoms with Crippen LogP contribution < -0.4 is 14.2 Å². The van der Waals surface area contributed by atoms with Gasteiger partial charge >= 0.3 is 0 Å². The highest BCUT2D eigenvalue weighted by Crippen LogP contribution is 2.38. The fourth-order valence-electron chi connectivity index (χ4n) is 2.33. The van der Waals surface area contributed by atoms with E-state index in [0.717, 1.165) is 5.56 Å². The Morgan fingerprint density at radius 2 is 1.95 bits per heavy atom. The molecule has 5 heteroatoms. The maximum atomic E-state index is 12.7. The van der Waals surface area contributed by atoms with Crippen molar-refractivity contribution >= 4 is 11.9 Å². The SMILES string of the molecule is COc1cc(OC)c2c(c1)OC/C(=C\c1ccncc1)C2=O. The van der Waals surface area contributed by atoms with Gasteiger partial charge in [-0.25, -0.2) is 0 Å². The molecule has 0 saturated carbocycles. The number of Topliss-reactive ketones (excluding diaryl/α,β-unsaturated/α-hetero) is 1. The summed E-state index contributed by atoms with van der Waals surface area (Å²) in [4.78, 5) is 16.7. The molecular formula is C17H15NO4. The minimum absolute atomic E-state index is 0.0995. The van der Waals surface area contributed by atoms with Crippen LogP contribution in [-0.2, 0) is 0 Å². The fraction of sp³-hybridized carbons (Fsp3) is 0.176. The number of ketones is 1. The van der Waals surface area contributed by atoms with Crippen molar-refractivity contribution in [1.82, 2.24) is 4.98 Å². The maximum absolute atomic E-state index is 12.7. The van der Waals surface area contributed by atoms with Crippen molar-refractivity contribution in [3.8, 4) is 17.2 Å². The van der Waals surface area contributed by atoms with Crippen molar-refractivity contribution in [2.45, 2.75) is 0 Å². The third-order valence-electron chi connectivity index (χ3n) is 3.44. The first kappa shape index (κ1) is 14.1. The number of carbonyl (C=O) groups excluding carboxylic acids is 1. The molecule has 0 radical (unpaired) electrons. The molecular weight excluding hydrogens is 282 g/mol. The fourth-order valence-corrected chi connectivity index (χ4v) is 2.33. The van der Waals surface area contributed by atoms with Gasteiger partial charge in [0.15, 0.2) is 5.78 Å². The third kappa shape index (κ3) is 2.53. The van der Waals surface area contributed by atoms with Crippen LogP contribution in [0.5, 0.6) is 17.2 Å². The van der Waals surface area contributed by atoms with Crippen LogP contribution in [0.4, 0.5) is 0 Å². The largest absolute Gasteiger partial charge is 0.496 e. The van der Waals surface area contributed by atoms with E-state index < -0.39 is 0 Å². The van der Waals surface area contributed by atoms with E-state index in [1.165, 1.54) is 7.11 Å². The molecule has 3 rings (SSSR count). The number of benzene rings is 1. The van der Waals surface area contributed by atoms with E-state index in [2.05, 4.69) is 4.98 Å². The van der Waals surface area contributed by atoms with Gasteiger partial charge in [-0.3, -0.25) is 9.78 Å². The Morgan fingerprint density at radius 3 is 2.64 bits per heavy atom. The maximum Gasteiger partial charge on any atom is 0.199 e. The summed E-state index contributed by atoms with van der Waals surface area (Å²) in [5.41, 5.74) is 1.90. The summed E-state index contributed by atoms with van der Waals surface area (Å²) in [6, 6.07) is 7.04. The Hall–Kier alpha value is -2.82. The number of methoxy groups -OCH3 is 2. The summed E-state index contributed by atoms with van der Waals surface area (Å²) in [5.74, 6) is 1.41. The lowest BCUT2D eigenvalue weighted by Gasteiger charge is -2.21. The van der Waals surface area contributed by atoms with Gasteiger partial charge in [0.25, 0.3) is 0 Å². The predicted molar refractivity (Wildman–Crippen MR) is 81.6 cm³/mol. The molecule has 112 valence electrons. The van der Waals surface area contributed by atoms with Crippen LogP contribution in [-0.4, -0.2) is 31.6 Å². The second kappa shape index (κ2) is 5.89. The van der Waals surface area contributed by atoms with Crippen molar-refractivity contribution in [3.63, 3.8) is 0 Å². The predicted octanol–water partition coefficient (Wildman–Crippen LogP) is 2.76. The second-order valence-corrected chi connectivity index (χ2v) is 4.77. The summed E-state index contributed by atoms with van der Waals surface area (Å²) < 4.78 is 16.2.